The van der Waals surface area contributed by atoms with E-state index in [-0.39, 0.29) is 25.5 Å². The van der Waals surface area contributed by atoms with Gasteiger partial charge in [0.15, 0.2) is 5.69 Å². The van der Waals surface area contributed by atoms with Gasteiger partial charge in [-0.15, -0.1) is 11.3 Å². The molecule has 0 atom stereocenters. The van der Waals surface area contributed by atoms with Gasteiger partial charge in [-0.1, -0.05) is 54.6 Å². The first-order chi connectivity index (χ1) is 19.8. The molecule has 0 unspecified atom stereocenters. The van der Waals surface area contributed by atoms with Gasteiger partial charge in [0.25, 0.3) is 0 Å². The minimum Gasteiger partial charge on any atom is -0.463 e. The van der Waals surface area contributed by atoms with Gasteiger partial charge in [0.05, 0.1) is 36.9 Å². The van der Waals surface area contributed by atoms with Crippen molar-refractivity contribution in [3.8, 4) is 10.6 Å². The molecule has 4 rings (SSSR count). The number of benzene rings is 2. The standard InChI is InChI=1S/C32H34N2O6S/c1-6-38-30(35)25-19(4)33-20(5)26(31(36)39-7-2)27(25)22-16-12-13-17-23(22)29-34-28(32(37)40-8-3)24(41-29)18-21-14-10-9-11-15-21/h9-17,27,33H,6-8,18H2,1-5H3. The van der Waals surface area contributed by atoms with Gasteiger partial charge in [0, 0.05) is 28.3 Å². The third kappa shape index (κ3) is 6.41. The van der Waals surface area contributed by atoms with Gasteiger partial charge < -0.3 is 19.5 Å². The molecule has 1 aromatic heterocycles. The third-order valence-electron chi connectivity index (χ3n) is 6.63. The van der Waals surface area contributed by atoms with E-state index in [2.05, 4.69) is 5.32 Å². The molecular formula is C32H34N2O6S. The van der Waals surface area contributed by atoms with Crippen LogP contribution in [0.2, 0.25) is 0 Å². The van der Waals surface area contributed by atoms with Crippen molar-refractivity contribution in [2.75, 3.05) is 19.8 Å². The zero-order chi connectivity index (χ0) is 29.5. The summed E-state index contributed by atoms with van der Waals surface area (Å²) in [6.07, 6.45) is 0.502. The van der Waals surface area contributed by atoms with Crippen molar-refractivity contribution < 1.29 is 28.6 Å². The van der Waals surface area contributed by atoms with Crippen LogP contribution in [0.5, 0.6) is 0 Å². The van der Waals surface area contributed by atoms with E-state index in [1.165, 1.54) is 11.3 Å². The van der Waals surface area contributed by atoms with Crippen LogP contribution in [0.4, 0.5) is 0 Å². The molecule has 0 aliphatic carbocycles. The number of allylic oxidation sites excluding steroid dienone is 2. The van der Waals surface area contributed by atoms with Gasteiger partial charge in [0.2, 0.25) is 0 Å². The van der Waals surface area contributed by atoms with E-state index in [1.54, 1.807) is 34.6 Å². The van der Waals surface area contributed by atoms with Crippen LogP contribution >= 0.6 is 11.3 Å². The molecule has 2 aromatic carbocycles. The number of thiazole rings is 1. The van der Waals surface area contributed by atoms with Crippen molar-refractivity contribution >= 4 is 29.2 Å². The minimum atomic E-state index is -0.780. The molecule has 0 spiro atoms. The first kappa shape index (κ1) is 29.7. The number of ether oxygens (including phenoxy) is 3. The predicted molar refractivity (Wildman–Crippen MR) is 157 cm³/mol. The van der Waals surface area contributed by atoms with E-state index in [0.717, 1.165) is 10.4 Å². The first-order valence-corrected chi connectivity index (χ1v) is 14.4. The molecule has 3 aromatic rings. The molecule has 2 heterocycles. The maximum Gasteiger partial charge on any atom is 0.358 e. The highest BCUT2D eigenvalue weighted by Gasteiger charge is 2.39. The SMILES string of the molecule is CCOC(=O)C1=C(C)NC(C)=C(C(=O)OCC)C1c1ccccc1-c1nc(C(=O)OCC)c(Cc2ccccc2)s1. The zero-order valence-corrected chi connectivity index (χ0v) is 24.7. The van der Waals surface area contributed by atoms with Crippen molar-refractivity contribution in [1.82, 2.24) is 10.3 Å². The summed E-state index contributed by atoms with van der Waals surface area (Å²) < 4.78 is 16.2. The Morgan fingerprint density at radius 2 is 1.32 bits per heavy atom. The largest absolute Gasteiger partial charge is 0.463 e. The number of nitrogens with one attached hydrogen (secondary N) is 1. The fourth-order valence-corrected chi connectivity index (χ4v) is 6.06. The smallest absolute Gasteiger partial charge is 0.358 e. The summed E-state index contributed by atoms with van der Waals surface area (Å²) in [5.74, 6) is -2.32. The molecular weight excluding hydrogens is 540 g/mol. The van der Waals surface area contributed by atoms with Crippen molar-refractivity contribution in [3.63, 3.8) is 0 Å². The van der Waals surface area contributed by atoms with Crippen LogP contribution in [0.1, 0.15) is 67.0 Å². The Bertz CT molecular complexity index is 1470. The number of dihydropyridines is 1. The highest BCUT2D eigenvalue weighted by Crippen LogP contribution is 2.44. The average molecular weight is 575 g/mol. The molecule has 1 aliphatic rings. The van der Waals surface area contributed by atoms with E-state index in [0.29, 0.717) is 45.1 Å². The highest BCUT2D eigenvalue weighted by atomic mass is 32.1. The Labute approximate surface area is 244 Å². The van der Waals surface area contributed by atoms with Crippen LogP contribution in [-0.4, -0.2) is 42.7 Å². The van der Waals surface area contributed by atoms with E-state index >= 15 is 0 Å². The second kappa shape index (κ2) is 13.4. The molecule has 214 valence electrons. The number of carbonyl (C=O) groups is 3. The van der Waals surface area contributed by atoms with Crippen molar-refractivity contribution in [1.29, 1.82) is 0 Å². The van der Waals surface area contributed by atoms with Crippen LogP contribution in [0, 0.1) is 0 Å². The zero-order valence-electron chi connectivity index (χ0n) is 23.9. The summed E-state index contributed by atoms with van der Waals surface area (Å²) in [5.41, 5.74) is 4.47. The molecule has 0 fully saturated rings. The lowest BCUT2D eigenvalue weighted by Gasteiger charge is -2.31. The summed E-state index contributed by atoms with van der Waals surface area (Å²) in [6, 6.07) is 17.3. The number of rotatable bonds is 10. The molecule has 0 saturated heterocycles. The average Bonchev–Trinajstić information content (AvgIpc) is 3.37. The summed E-state index contributed by atoms with van der Waals surface area (Å²) in [7, 11) is 0. The van der Waals surface area contributed by atoms with Gasteiger partial charge in [-0.25, -0.2) is 19.4 Å². The van der Waals surface area contributed by atoms with E-state index in [1.807, 2.05) is 54.6 Å². The van der Waals surface area contributed by atoms with Crippen molar-refractivity contribution in [2.24, 2.45) is 0 Å². The van der Waals surface area contributed by atoms with Crippen LogP contribution in [0.3, 0.4) is 0 Å². The Balaban J connectivity index is 1.91. The van der Waals surface area contributed by atoms with Crippen LogP contribution < -0.4 is 5.32 Å². The van der Waals surface area contributed by atoms with E-state index < -0.39 is 23.8 Å². The number of aromatic nitrogens is 1. The first-order valence-electron chi connectivity index (χ1n) is 13.6. The molecule has 41 heavy (non-hydrogen) atoms. The molecule has 8 nitrogen and oxygen atoms in total. The maximum atomic E-state index is 13.3. The molecule has 0 radical (unpaired) electrons. The van der Waals surface area contributed by atoms with Gasteiger partial charge in [-0.2, -0.15) is 0 Å². The number of esters is 3. The van der Waals surface area contributed by atoms with E-state index in [9.17, 15) is 14.4 Å². The summed E-state index contributed by atoms with van der Waals surface area (Å²) >= 11 is 1.39. The molecule has 1 aliphatic heterocycles. The Kier molecular flexibility index (Phi) is 9.73. The molecule has 0 amide bonds. The van der Waals surface area contributed by atoms with Crippen LogP contribution in [-0.2, 0) is 30.2 Å². The van der Waals surface area contributed by atoms with Crippen LogP contribution in [0.25, 0.3) is 10.6 Å². The fraction of sp³-hybridized carbons (Fsp3) is 0.312. The van der Waals surface area contributed by atoms with E-state index in [4.69, 9.17) is 19.2 Å². The van der Waals surface area contributed by atoms with Crippen LogP contribution in [0.15, 0.2) is 77.1 Å². The van der Waals surface area contributed by atoms with Gasteiger partial charge >= 0.3 is 17.9 Å². The van der Waals surface area contributed by atoms with Gasteiger partial charge in [-0.3, -0.25) is 0 Å². The number of nitrogens with zero attached hydrogens (tertiary/aromatic N) is 1. The molecule has 1 N–H and O–H groups in total. The summed E-state index contributed by atoms with van der Waals surface area (Å²) in [4.78, 5) is 45.2. The monoisotopic (exact) mass is 574 g/mol. The molecule has 0 saturated carbocycles. The second-order valence-corrected chi connectivity index (χ2v) is 10.4. The maximum absolute atomic E-state index is 13.3. The quantitative estimate of drug-likeness (QED) is 0.234. The van der Waals surface area contributed by atoms with Crippen molar-refractivity contribution in [2.45, 2.75) is 47.0 Å². The number of carbonyl (C=O) groups excluding carboxylic acids is 3. The summed E-state index contributed by atoms with van der Waals surface area (Å²) in [6.45, 7) is 9.39. The molecule has 9 heteroatoms. The Hall–Kier alpha value is -4.24. The topological polar surface area (TPSA) is 104 Å². The van der Waals surface area contributed by atoms with Gasteiger partial charge in [-0.05, 0) is 45.7 Å². The lowest BCUT2D eigenvalue weighted by molar-refractivity contribution is -0.139. The molecule has 0 bridgehead atoms. The minimum absolute atomic E-state index is 0.180. The Morgan fingerprint density at radius 3 is 1.90 bits per heavy atom. The third-order valence-corrected chi connectivity index (χ3v) is 7.72. The number of hydrogen-bond donors (Lipinski definition) is 1. The fourth-order valence-electron chi connectivity index (χ4n) is 4.93. The lowest BCUT2D eigenvalue weighted by atomic mass is 9.78. The second-order valence-electron chi connectivity index (χ2n) is 9.34. The summed E-state index contributed by atoms with van der Waals surface area (Å²) in [5, 5.41) is 3.75. The normalized spacial score (nSPS) is 13.6. The number of hydrogen-bond acceptors (Lipinski definition) is 9. The highest BCUT2D eigenvalue weighted by molar-refractivity contribution is 7.15. The Morgan fingerprint density at radius 1 is 0.780 bits per heavy atom. The van der Waals surface area contributed by atoms with Crippen molar-refractivity contribution in [3.05, 3.63) is 98.8 Å². The lowest BCUT2D eigenvalue weighted by Crippen LogP contribution is -2.32. The van der Waals surface area contributed by atoms with Gasteiger partial charge in [0.1, 0.15) is 5.01 Å². The predicted octanol–water partition coefficient (Wildman–Crippen LogP) is 5.94.